The SMILES string of the molecule is CC(NCCNC(=O)C1CC1)c1cccc([N+](=O)[O-])c1. The average molecular weight is 277 g/mol. The number of hydrogen-bond donors (Lipinski definition) is 2. The Bertz CT molecular complexity index is 500. The van der Waals surface area contributed by atoms with Crippen LogP contribution in [0.15, 0.2) is 24.3 Å². The number of nitro benzene ring substituents is 1. The zero-order valence-corrected chi connectivity index (χ0v) is 11.5. The van der Waals surface area contributed by atoms with Gasteiger partial charge in [0, 0.05) is 37.2 Å². The van der Waals surface area contributed by atoms with Crippen LogP contribution in [0.25, 0.3) is 0 Å². The van der Waals surface area contributed by atoms with E-state index < -0.39 is 4.92 Å². The van der Waals surface area contributed by atoms with Crippen molar-refractivity contribution in [1.29, 1.82) is 0 Å². The number of nitrogens with zero attached hydrogens (tertiary/aromatic N) is 1. The molecular weight excluding hydrogens is 258 g/mol. The van der Waals surface area contributed by atoms with Gasteiger partial charge in [-0.2, -0.15) is 0 Å². The van der Waals surface area contributed by atoms with Gasteiger partial charge in [-0.3, -0.25) is 14.9 Å². The molecule has 0 aliphatic heterocycles. The molecule has 1 unspecified atom stereocenters. The first-order valence-corrected chi connectivity index (χ1v) is 6.83. The molecule has 1 saturated carbocycles. The van der Waals surface area contributed by atoms with Crippen LogP contribution in [-0.2, 0) is 4.79 Å². The summed E-state index contributed by atoms with van der Waals surface area (Å²) in [5.74, 6) is 0.360. The minimum Gasteiger partial charge on any atom is -0.355 e. The number of amides is 1. The number of nitrogens with one attached hydrogen (secondary N) is 2. The monoisotopic (exact) mass is 277 g/mol. The van der Waals surface area contributed by atoms with Gasteiger partial charge in [0.05, 0.1) is 4.92 Å². The first-order chi connectivity index (χ1) is 9.58. The highest BCUT2D eigenvalue weighted by Crippen LogP contribution is 2.28. The molecule has 1 aliphatic carbocycles. The predicted molar refractivity (Wildman–Crippen MR) is 75.2 cm³/mol. The molecule has 2 rings (SSSR count). The summed E-state index contributed by atoms with van der Waals surface area (Å²) in [7, 11) is 0. The molecule has 0 bridgehead atoms. The summed E-state index contributed by atoms with van der Waals surface area (Å²) >= 11 is 0. The van der Waals surface area contributed by atoms with E-state index in [4.69, 9.17) is 0 Å². The zero-order valence-electron chi connectivity index (χ0n) is 11.5. The van der Waals surface area contributed by atoms with Gasteiger partial charge in [0.1, 0.15) is 0 Å². The molecule has 1 fully saturated rings. The molecule has 6 nitrogen and oxygen atoms in total. The number of nitro groups is 1. The third-order valence-electron chi connectivity index (χ3n) is 3.40. The molecule has 1 aromatic carbocycles. The van der Waals surface area contributed by atoms with Gasteiger partial charge < -0.3 is 10.6 Å². The molecule has 20 heavy (non-hydrogen) atoms. The van der Waals surface area contributed by atoms with E-state index in [1.165, 1.54) is 6.07 Å². The highest BCUT2D eigenvalue weighted by atomic mass is 16.6. The van der Waals surface area contributed by atoms with Gasteiger partial charge in [-0.05, 0) is 25.3 Å². The number of non-ortho nitro benzene ring substituents is 1. The number of hydrogen-bond acceptors (Lipinski definition) is 4. The Morgan fingerprint density at radius 1 is 1.45 bits per heavy atom. The number of carbonyl (C=O) groups is 1. The number of carbonyl (C=O) groups excluding carboxylic acids is 1. The van der Waals surface area contributed by atoms with Crippen LogP contribution >= 0.6 is 0 Å². The summed E-state index contributed by atoms with van der Waals surface area (Å²) in [6.45, 7) is 3.17. The highest BCUT2D eigenvalue weighted by molar-refractivity contribution is 5.80. The minimum absolute atomic E-state index is 0.00715. The van der Waals surface area contributed by atoms with Crippen LogP contribution in [0, 0.1) is 16.0 Å². The van der Waals surface area contributed by atoms with Crippen LogP contribution < -0.4 is 10.6 Å². The second kappa shape index (κ2) is 6.47. The van der Waals surface area contributed by atoms with Crippen LogP contribution in [0.5, 0.6) is 0 Å². The molecule has 108 valence electrons. The van der Waals surface area contributed by atoms with E-state index in [1.807, 2.05) is 13.0 Å². The zero-order chi connectivity index (χ0) is 14.5. The van der Waals surface area contributed by atoms with E-state index in [9.17, 15) is 14.9 Å². The van der Waals surface area contributed by atoms with Crippen molar-refractivity contribution in [2.24, 2.45) is 5.92 Å². The molecule has 1 aliphatic rings. The quantitative estimate of drug-likeness (QED) is 0.452. The molecule has 6 heteroatoms. The van der Waals surface area contributed by atoms with Crippen molar-refractivity contribution >= 4 is 11.6 Å². The summed E-state index contributed by atoms with van der Waals surface area (Å²) in [5.41, 5.74) is 0.964. The maximum atomic E-state index is 11.4. The molecule has 0 radical (unpaired) electrons. The van der Waals surface area contributed by atoms with Crippen LogP contribution in [-0.4, -0.2) is 23.9 Å². The molecule has 1 amide bonds. The smallest absolute Gasteiger partial charge is 0.269 e. The fourth-order valence-electron chi connectivity index (χ4n) is 1.99. The number of rotatable bonds is 7. The lowest BCUT2D eigenvalue weighted by molar-refractivity contribution is -0.384. The summed E-state index contributed by atoms with van der Waals surface area (Å²) in [5, 5.41) is 16.8. The van der Waals surface area contributed by atoms with Crippen LogP contribution in [0.2, 0.25) is 0 Å². The molecule has 0 aromatic heterocycles. The maximum Gasteiger partial charge on any atom is 0.269 e. The van der Waals surface area contributed by atoms with E-state index in [1.54, 1.807) is 12.1 Å². The van der Waals surface area contributed by atoms with E-state index in [-0.39, 0.29) is 23.6 Å². The number of benzene rings is 1. The van der Waals surface area contributed by atoms with Crippen molar-refractivity contribution in [2.45, 2.75) is 25.8 Å². The fraction of sp³-hybridized carbons (Fsp3) is 0.500. The molecule has 0 spiro atoms. The van der Waals surface area contributed by atoms with E-state index in [0.29, 0.717) is 13.1 Å². The van der Waals surface area contributed by atoms with Gasteiger partial charge in [-0.1, -0.05) is 12.1 Å². The molecule has 1 atom stereocenters. The van der Waals surface area contributed by atoms with Crippen LogP contribution in [0.1, 0.15) is 31.4 Å². The Hall–Kier alpha value is -1.95. The second-order valence-corrected chi connectivity index (χ2v) is 5.09. The van der Waals surface area contributed by atoms with Crippen molar-refractivity contribution in [2.75, 3.05) is 13.1 Å². The summed E-state index contributed by atoms with van der Waals surface area (Å²) < 4.78 is 0. The molecule has 0 heterocycles. The van der Waals surface area contributed by atoms with Crippen molar-refractivity contribution in [3.8, 4) is 0 Å². The molecular formula is C14H19N3O3. The van der Waals surface area contributed by atoms with Gasteiger partial charge in [0.15, 0.2) is 0 Å². The minimum atomic E-state index is -0.397. The predicted octanol–water partition coefficient (Wildman–Crippen LogP) is 1.77. The van der Waals surface area contributed by atoms with E-state index in [0.717, 1.165) is 18.4 Å². The topological polar surface area (TPSA) is 84.3 Å². The normalized spacial score (nSPS) is 15.7. The van der Waals surface area contributed by atoms with Gasteiger partial charge in [0.25, 0.3) is 5.69 Å². The van der Waals surface area contributed by atoms with Crippen molar-refractivity contribution in [3.63, 3.8) is 0 Å². The van der Waals surface area contributed by atoms with Crippen LogP contribution in [0.3, 0.4) is 0 Å². The van der Waals surface area contributed by atoms with Gasteiger partial charge in [0.2, 0.25) is 5.91 Å². The van der Waals surface area contributed by atoms with E-state index in [2.05, 4.69) is 10.6 Å². The fourth-order valence-corrected chi connectivity index (χ4v) is 1.99. The second-order valence-electron chi connectivity index (χ2n) is 5.09. The van der Waals surface area contributed by atoms with Crippen LogP contribution in [0.4, 0.5) is 5.69 Å². The van der Waals surface area contributed by atoms with Gasteiger partial charge in [-0.15, -0.1) is 0 Å². The summed E-state index contributed by atoms with van der Waals surface area (Å²) in [6.07, 6.45) is 2.01. The standard InChI is InChI=1S/C14H19N3O3/c1-10(12-3-2-4-13(9-12)17(19)20)15-7-8-16-14(18)11-5-6-11/h2-4,9-11,15H,5-8H2,1H3,(H,16,18). The Labute approximate surface area is 117 Å². The first-order valence-electron chi connectivity index (χ1n) is 6.83. The summed E-state index contributed by atoms with van der Waals surface area (Å²) in [4.78, 5) is 21.7. The Balaban J connectivity index is 1.76. The third-order valence-corrected chi connectivity index (χ3v) is 3.40. The average Bonchev–Trinajstić information content (AvgIpc) is 3.27. The lowest BCUT2D eigenvalue weighted by Crippen LogP contribution is -2.33. The Morgan fingerprint density at radius 2 is 2.20 bits per heavy atom. The highest BCUT2D eigenvalue weighted by Gasteiger charge is 2.28. The third kappa shape index (κ3) is 4.03. The van der Waals surface area contributed by atoms with Gasteiger partial charge >= 0.3 is 0 Å². The van der Waals surface area contributed by atoms with Crippen molar-refractivity contribution in [3.05, 3.63) is 39.9 Å². The lowest BCUT2D eigenvalue weighted by Gasteiger charge is -2.14. The maximum absolute atomic E-state index is 11.4. The lowest BCUT2D eigenvalue weighted by atomic mass is 10.1. The largest absolute Gasteiger partial charge is 0.355 e. The Morgan fingerprint density at radius 3 is 2.85 bits per heavy atom. The first kappa shape index (κ1) is 14.5. The summed E-state index contributed by atoms with van der Waals surface area (Å²) in [6, 6.07) is 6.59. The van der Waals surface area contributed by atoms with E-state index >= 15 is 0 Å². The van der Waals surface area contributed by atoms with Crippen molar-refractivity contribution in [1.82, 2.24) is 10.6 Å². The molecule has 2 N–H and O–H groups in total. The Kier molecular flexibility index (Phi) is 4.68. The van der Waals surface area contributed by atoms with Crippen molar-refractivity contribution < 1.29 is 9.72 Å². The van der Waals surface area contributed by atoms with Gasteiger partial charge in [-0.25, -0.2) is 0 Å². The molecule has 0 saturated heterocycles. The molecule has 1 aromatic rings.